The summed E-state index contributed by atoms with van der Waals surface area (Å²) in [6, 6.07) is 0. The van der Waals surface area contributed by atoms with Crippen molar-refractivity contribution >= 4 is 17.9 Å². The van der Waals surface area contributed by atoms with E-state index in [1.807, 2.05) is 21.1 Å². The predicted octanol–water partition coefficient (Wildman–Crippen LogP) is 23.4. The van der Waals surface area contributed by atoms with E-state index in [2.05, 4.69) is 26.0 Å². The highest BCUT2D eigenvalue weighted by Crippen LogP contribution is 2.20. The van der Waals surface area contributed by atoms with Crippen molar-refractivity contribution in [2.24, 2.45) is 0 Å². The number of carboxylic acids is 1. The molecule has 88 heavy (non-hydrogen) atoms. The predicted molar refractivity (Wildman–Crippen MR) is 376 cm³/mol. The molecule has 522 valence electrons. The molecule has 0 N–H and O–H groups in total. The van der Waals surface area contributed by atoms with E-state index in [-0.39, 0.29) is 32.2 Å². The molecule has 0 radical (unpaired) electrons. The van der Waals surface area contributed by atoms with Gasteiger partial charge in [-0.05, 0) is 38.5 Å². The molecule has 0 amide bonds. The van der Waals surface area contributed by atoms with Crippen molar-refractivity contribution in [3.8, 4) is 0 Å². The third-order valence-corrected chi connectivity index (χ3v) is 18.3. The monoisotopic (exact) mass is 1240 g/mol. The largest absolute Gasteiger partial charge is 0.545 e. The van der Waals surface area contributed by atoms with Gasteiger partial charge in [-0.15, -0.1) is 0 Å². The molecule has 9 nitrogen and oxygen atoms in total. The fraction of sp³-hybridized carbons (Fsp3) is 0.937. The number of carbonyl (C=O) groups is 3. The van der Waals surface area contributed by atoms with E-state index >= 15 is 0 Å². The Morgan fingerprint density at radius 3 is 0.841 bits per heavy atom. The Morgan fingerprint density at radius 1 is 0.330 bits per heavy atom. The van der Waals surface area contributed by atoms with Gasteiger partial charge in [0.25, 0.3) is 0 Å². The fourth-order valence-corrected chi connectivity index (χ4v) is 12.2. The number of quaternary nitrogens is 1. The second-order valence-corrected chi connectivity index (χ2v) is 28.4. The van der Waals surface area contributed by atoms with Crippen LogP contribution in [0.4, 0.5) is 0 Å². The van der Waals surface area contributed by atoms with Gasteiger partial charge >= 0.3 is 11.9 Å². The summed E-state index contributed by atoms with van der Waals surface area (Å²) in [7, 11) is 5.95. The minimum atomic E-state index is -1.62. The van der Waals surface area contributed by atoms with Gasteiger partial charge in [0.05, 0.1) is 40.3 Å². The molecule has 2 unspecified atom stereocenters. The Morgan fingerprint density at radius 2 is 0.580 bits per heavy atom. The normalized spacial score (nSPS) is 12.6. The van der Waals surface area contributed by atoms with Gasteiger partial charge in [-0.2, -0.15) is 0 Å². The molecule has 0 aliphatic rings. The average Bonchev–Trinajstić information content (AvgIpc) is 3.54. The summed E-state index contributed by atoms with van der Waals surface area (Å²) in [4.78, 5) is 37.6. The molecule has 0 heterocycles. The van der Waals surface area contributed by atoms with Crippen LogP contribution in [0, 0.1) is 0 Å². The zero-order valence-electron chi connectivity index (χ0n) is 59.9. The molecule has 0 saturated carbocycles. The number of nitrogens with zero attached hydrogens (tertiary/aromatic N) is 1. The first kappa shape index (κ1) is 86.0. The average molecular weight is 1250 g/mol. The number of carboxylic acid groups (broad SMARTS) is 1. The van der Waals surface area contributed by atoms with Gasteiger partial charge in [0.15, 0.2) is 12.4 Å². The smallest absolute Gasteiger partial charge is 0.306 e. The van der Waals surface area contributed by atoms with Crippen LogP contribution in [-0.2, 0) is 33.3 Å². The van der Waals surface area contributed by atoms with E-state index < -0.39 is 24.3 Å². The van der Waals surface area contributed by atoms with Crippen molar-refractivity contribution < 1.29 is 42.9 Å². The first-order valence-corrected chi connectivity index (χ1v) is 39.3. The Kier molecular flexibility index (Phi) is 69.3. The number of likely N-dealkylation sites (N-methyl/N-ethyl adjacent to an activating group) is 1. The van der Waals surface area contributed by atoms with Crippen molar-refractivity contribution in [3.63, 3.8) is 0 Å². The molecule has 0 bridgehead atoms. The van der Waals surface area contributed by atoms with Crippen molar-refractivity contribution in [2.45, 2.75) is 431 Å². The highest BCUT2D eigenvalue weighted by molar-refractivity contribution is 5.70. The molecule has 0 aromatic rings. The lowest BCUT2D eigenvalue weighted by molar-refractivity contribution is -0.870. The van der Waals surface area contributed by atoms with Crippen molar-refractivity contribution in [1.82, 2.24) is 0 Å². The Labute approximate surface area is 548 Å². The first-order chi connectivity index (χ1) is 43.1. The molecule has 0 aliphatic heterocycles. The van der Waals surface area contributed by atoms with Gasteiger partial charge in [-0.3, -0.25) is 9.59 Å². The number of aliphatic carboxylic acids is 1. The van der Waals surface area contributed by atoms with Gasteiger partial charge in [-0.25, -0.2) is 0 Å². The summed E-state index contributed by atoms with van der Waals surface area (Å²) >= 11 is 0. The second-order valence-electron chi connectivity index (χ2n) is 28.4. The van der Waals surface area contributed by atoms with Gasteiger partial charge in [0.1, 0.15) is 13.2 Å². The van der Waals surface area contributed by atoms with E-state index in [0.29, 0.717) is 17.4 Å². The summed E-state index contributed by atoms with van der Waals surface area (Å²) in [5.41, 5.74) is 0. The molecule has 0 fully saturated rings. The highest BCUT2D eigenvalue weighted by Gasteiger charge is 2.22. The number of ether oxygens (including phenoxy) is 4. The van der Waals surface area contributed by atoms with Crippen molar-refractivity contribution in [1.29, 1.82) is 0 Å². The van der Waals surface area contributed by atoms with Crippen LogP contribution in [0.25, 0.3) is 0 Å². The van der Waals surface area contributed by atoms with E-state index in [9.17, 15) is 19.5 Å². The van der Waals surface area contributed by atoms with Crippen LogP contribution in [0.2, 0.25) is 0 Å². The van der Waals surface area contributed by atoms with E-state index in [1.54, 1.807) is 0 Å². The van der Waals surface area contributed by atoms with E-state index in [1.165, 1.54) is 353 Å². The molecular formula is C79H153NO8. The van der Waals surface area contributed by atoms with Gasteiger partial charge in [0.2, 0.25) is 0 Å². The third-order valence-electron chi connectivity index (χ3n) is 18.3. The number of esters is 2. The molecule has 2 atom stereocenters. The number of hydrogen-bond acceptors (Lipinski definition) is 8. The van der Waals surface area contributed by atoms with Crippen LogP contribution in [0.15, 0.2) is 12.2 Å². The maximum absolute atomic E-state index is 13.0. The summed E-state index contributed by atoms with van der Waals surface area (Å²) in [6.07, 6.45) is 84.8. The minimum absolute atomic E-state index is 0.153. The Hall–Kier alpha value is -1.97. The molecule has 0 aromatic carbocycles. The molecule has 9 heteroatoms. The quantitative estimate of drug-likeness (QED) is 0.0195. The van der Waals surface area contributed by atoms with E-state index in [0.717, 1.165) is 38.5 Å². The van der Waals surface area contributed by atoms with Crippen LogP contribution in [0.1, 0.15) is 418 Å². The maximum atomic E-state index is 13.0. The van der Waals surface area contributed by atoms with Crippen molar-refractivity contribution in [2.75, 3.05) is 47.5 Å². The van der Waals surface area contributed by atoms with E-state index in [4.69, 9.17) is 18.9 Å². The van der Waals surface area contributed by atoms with Gasteiger partial charge in [-0.1, -0.05) is 379 Å². The lowest BCUT2D eigenvalue weighted by Crippen LogP contribution is -2.44. The maximum Gasteiger partial charge on any atom is 0.306 e. The number of rotatable bonds is 75. The molecule has 0 aliphatic carbocycles. The lowest BCUT2D eigenvalue weighted by atomic mass is 10.0. The fourth-order valence-electron chi connectivity index (χ4n) is 12.2. The standard InChI is InChI=1S/C79H153NO8/c1-6-8-10-12-14-16-18-20-22-24-26-28-30-32-34-35-36-37-38-39-40-41-42-43-44-46-48-50-52-54-56-58-60-62-64-66-68-70-77(82)88-75(74-87-79(78(83)84)85-72-71-80(3,4)5)73-86-76(81)69-67-65-63-61-59-57-55-53-51-49-47-45-33-31-29-27-25-23-21-19-17-15-13-11-9-7-2/h24,26,75,79H,6-23,25,27-74H2,1-5H3/b26-24-. The zero-order chi connectivity index (χ0) is 64.0. The number of hydrogen-bond donors (Lipinski definition) is 0. The highest BCUT2D eigenvalue weighted by atomic mass is 16.7. The summed E-state index contributed by atoms with van der Waals surface area (Å²) < 4.78 is 22.9. The molecule has 0 saturated heterocycles. The first-order valence-electron chi connectivity index (χ1n) is 39.3. The third kappa shape index (κ3) is 71.5. The molecule has 0 spiro atoms. The van der Waals surface area contributed by atoms with Gasteiger partial charge < -0.3 is 33.3 Å². The van der Waals surface area contributed by atoms with Crippen molar-refractivity contribution in [3.05, 3.63) is 12.2 Å². The minimum Gasteiger partial charge on any atom is -0.545 e. The summed E-state index contributed by atoms with van der Waals surface area (Å²) in [5.74, 6) is -2.24. The lowest BCUT2D eigenvalue weighted by Gasteiger charge is -2.26. The Bertz CT molecular complexity index is 1450. The van der Waals surface area contributed by atoms with Gasteiger partial charge in [0, 0.05) is 12.8 Å². The number of allylic oxidation sites excluding steroid dienone is 2. The van der Waals surface area contributed by atoms with Crippen LogP contribution in [0.5, 0.6) is 0 Å². The number of unbranched alkanes of at least 4 members (excludes halogenated alkanes) is 58. The van der Waals surface area contributed by atoms with Crippen LogP contribution >= 0.6 is 0 Å². The van der Waals surface area contributed by atoms with Crippen LogP contribution in [-0.4, -0.2) is 82.3 Å². The van der Waals surface area contributed by atoms with Crippen LogP contribution < -0.4 is 5.11 Å². The second kappa shape index (κ2) is 70.9. The summed E-state index contributed by atoms with van der Waals surface area (Å²) in [5, 5.41) is 11.8. The Balaban J connectivity index is 3.95. The van der Waals surface area contributed by atoms with Crippen LogP contribution in [0.3, 0.4) is 0 Å². The molecular weight excluding hydrogens is 1090 g/mol. The number of carbonyl (C=O) groups excluding carboxylic acids is 3. The molecule has 0 rings (SSSR count). The molecule has 0 aromatic heterocycles. The zero-order valence-corrected chi connectivity index (χ0v) is 59.9. The summed E-state index contributed by atoms with van der Waals surface area (Å²) in [6.45, 7) is 4.84. The SMILES string of the molecule is CCCCCCCCCC/C=C\CCCCCCCCCCCCCCCCCCCCCCCCCCCC(=O)OC(COC(=O)CCCCCCCCCCCCCCCCCCCCCCCCCCCC)COC(OCC[N+](C)(C)C)C(=O)[O-]. The topological polar surface area (TPSA) is 111 Å².